The Kier molecular flexibility index (Phi) is 7.19. The molecule has 0 amide bonds. The van der Waals surface area contributed by atoms with Gasteiger partial charge in [0.1, 0.15) is 0 Å². The topological polar surface area (TPSA) is 38.3 Å². The summed E-state index contributed by atoms with van der Waals surface area (Å²) in [6.07, 6.45) is 1.31. The van der Waals surface area contributed by atoms with E-state index in [1.54, 1.807) is 0 Å². The maximum Gasteiger partial charge on any atom is 0.305 e. The molecule has 19 heavy (non-hydrogen) atoms. The van der Waals surface area contributed by atoms with Crippen LogP contribution in [0.1, 0.15) is 38.2 Å². The van der Waals surface area contributed by atoms with Crippen molar-refractivity contribution in [1.82, 2.24) is 5.32 Å². The second kappa shape index (κ2) is 8.70. The molecule has 1 rings (SSSR count). The zero-order valence-corrected chi connectivity index (χ0v) is 12.2. The molecule has 0 spiro atoms. The molecule has 0 aliphatic rings. The van der Waals surface area contributed by atoms with Crippen molar-refractivity contribution in [3.8, 4) is 0 Å². The average Bonchev–Trinajstić information content (AvgIpc) is 2.42. The first-order valence-electron chi connectivity index (χ1n) is 6.97. The normalized spacial score (nSPS) is 12.4. The SMILES string of the molecule is COC(=O)CCCNCC(c1ccccc1)C(C)C. The molecule has 0 aliphatic carbocycles. The number of hydrogen-bond acceptors (Lipinski definition) is 3. The summed E-state index contributed by atoms with van der Waals surface area (Å²) in [5.74, 6) is 0.972. The number of esters is 1. The Balaban J connectivity index is 2.34. The number of nitrogens with one attached hydrogen (secondary N) is 1. The van der Waals surface area contributed by atoms with E-state index in [9.17, 15) is 4.79 Å². The quantitative estimate of drug-likeness (QED) is 0.579. The number of rotatable bonds is 8. The lowest BCUT2D eigenvalue weighted by molar-refractivity contribution is -0.140. The van der Waals surface area contributed by atoms with Gasteiger partial charge in [0, 0.05) is 13.0 Å². The summed E-state index contributed by atoms with van der Waals surface area (Å²) in [6, 6.07) is 10.6. The predicted octanol–water partition coefficient (Wildman–Crippen LogP) is 2.97. The first-order chi connectivity index (χ1) is 9.15. The van der Waals surface area contributed by atoms with Gasteiger partial charge in [0.05, 0.1) is 7.11 Å². The van der Waals surface area contributed by atoms with Gasteiger partial charge < -0.3 is 10.1 Å². The van der Waals surface area contributed by atoms with Gasteiger partial charge in [-0.05, 0) is 30.4 Å². The zero-order valence-electron chi connectivity index (χ0n) is 12.2. The summed E-state index contributed by atoms with van der Waals surface area (Å²) in [5.41, 5.74) is 1.37. The van der Waals surface area contributed by atoms with Crippen LogP contribution in [-0.2, 0) is 9.53 Å². The molecule has 1 N–H and O–H groups in total. The number of hydrogen-bond donors (Lipinski definition) is 1. The minimum Gasteiger partial charge on any atom is -0.469 e. The molecule has 1 atom stereocenters. The number of carbonyl (C=O) groups excluding carboxylic acids is 1. The van der Waals surface area contributed by atoms with Gasteiger partial charge in [-0.25, -0.2) is 0 Å². The monoisotopic (exact) mass is 263 g/mol. The molecule has 0 fully saturated rings. The average molecular weight is 263 g/mol. The Bertz CT molecular complexity index is 362. The molecular formula is C16H25NO2. The van der Waals surface area contributed by atoms with Gasteiger partial charge in [-0.15, -0.1) is 0 Å². The first-order valence-corrected chi connectivity index (χ1v) is 6.97. The molecule has 0 radical (unpaired) electrons. The van der Waals surface area contributed by atoms with E-state index in [0.29, 0.717) is 18.3 Å². The van der Waals surface area contributed by atoms with Crippen LogP contribution in [0.3, 0.4) is 0 Å². The first kappa shape index (κ1) is 15.7. The molecule has 1 aromatic rings. The lowest BCUT2D eigenvalue weighted by Crippen LogP contribution is -2.26. The van der Waals surface area contributed by atoms with Crippen molar-refractivity contribution in [3.63, 3.8) is 0 Å². The minimum absolute atomic E-state index is 0.134. The van der Waals surface area contributed by atoms with Crippen molar-refractivity contribution >= 4 is 5.97 Å². The van der Waals surface area contributed by atoms with Crippen LogP contribution in [0.2, 0.25) is 0 Å². The summed E-state index contributed by atoms with van der Waals surface area (Å²) >= 11 is 0. The fourth-order valence-corrected chi connectivity index (χ4v) is 2.16. The Labute approximate surface area is 116 Å². The van der Waals surface area contributed by atoms with Crippen LogP contribution in [-0.4, -0.2) is 26.2 Å². The highest BCUT2D eigenvalue weighted by Crippen LogP contribution is 2.23. The van der Waals surface area contributed by atoms with Crippen LogP contribution < -0.4 is 5.32 Å². The molecule has 3 heteroatoms. The lowest BCUT2D eigenvalue weighted by atomic mass is 9.88. The van der Waals surface area contributed by atoms with Crippen LogP contribution in [0.25, 0.3) is 0 Å². The van der Waals surface area contributed by atoms with E-state index < -0.39 is 0 Å². The van der Waals surface area contributed by atoms with Gasteiger partial charge in [-0.2, -0.15) is 0 Å². The summed E-state index contributed by atoms with van der Waals surface area (Å²) < 4.78 is 4.62. The molecule has 1 unspecified atom stereocenters. The van der Waals surface area contributed by atoms with E-state index in [4.69, 9.17) is 0 Å². The Morgan fingerprint density at radius 1 is 1.26 bits per heavy atom. The van der Waals surface area contributed by atoms with Gasteiger partial charge in [0.15, 0.2) is 0 Å². The van der Waals surface area contributed by atoms with E-state index in [2.05, 4.69) is 48.2 Å². The summed E-state index contributed by atoms with van der Waals surface area (Å²) in [6.45, 7) is 6.29. The number of ether oxygens (including phenoxy) is 1. The van der Waals surface area contributed by atoms with Crippen molar-refractivity contribution in [2.24, 2.45) is 5.92 Å². The minimum atomic E-state index is -0.134. The van der Waals surface area contributed by atoms with Crippen LogP contribution >= 0.6 is 0 Å². The van der Waals surface area contributed by atoms with Crippen LogP contribution in [0.4, 0.5) is 0 Å². The molecule has 0 saturated heterocycles. The van der Waals surface area contributed by atoms with E-state index >= 15 is 0 Å². The second-order valence-electron chi connectivity index (χ2n) is 5.15. The van der Waals surface area contributed by atoms with Gasteiger partial charge in [-0.3, -0.25) is 4.79 Å². The van der Waals surface area contributed by atoms with Gasteiger partial charge in [0.2, 0.25) is 0 Å². The Morgan fingerprint density at radius 3 is 2.53 bits per heavy atom. The predicted molar refractivity (Wildman–Crippen MR) is 78.1 cm³/mol. The number of methoxy groups -OCH3 is 1. The highest BCUT2D eigenvalue weighted by molar-refractivity contribution is 5.69. The van der Waals surface area contributed by atoms with E-state index in [1.165, 1.54) is 12.7 Å². The fraction of sp³-hybridized carbons (Fsp3) is 0.562. The maximum absolute atomic E-state index is 11.0. The van der Waals surface area contributed by atoms with Crippen molar-refractivity contribution < 1.29 is 9.53 Å². The van der Waals surface area contributed by atoms with E-state index in [1.807, 2.05) is 6.07 Å². The molecule has 0 aliphatic heterocycles. The summed E-state index contributed by atoms with van der Waals surface area (Å²) in [7, 11) is 1.43. The maximum atomic E-state index is 11.0. The van der Waals surface area contributed by atoms with Crippen LogP contribution in [0.5, 0.6) is 0 Å². The Morgan fingerprint density at radius 2 is 1.95 bits per heavy atom. The van der Waals surface area contributed by atoms with E-state index in [0.717, 1.165) is 19.5 Å². The van der Waals surface area contributed by atoms with Gasteiger partial charge in [-0.1, -0.05) is 44.2 Å². The van der Waals surface area contributed by atoms with E-state index in [-0.39, 0.29) is 5.97 Å². The smallest absolute Gasteiger partial charge is 0.305 e. The third-order valence-corrected chi connectivity index (χ3v) is 3.36. The second-order valence-corrected chi connectivity index (χ2v) is 5.15. The summed E-state index contributed by atoms with van der Waals surface area (Å²) in [4.78, 5) is 11.0. The molecule has 0 saturated carbocycles. The van der Waals surface area contributed by atoms with Crippen molar-refractivity contribution in [2.45, 2.75) is 32.6 Å². The van der Waals surface area contributed by atoms with Crippen molar-refractivity contribution in [1.29, 1.82) is 0 Å². The Hall–Kier alpha value is -1.35. The fourth-order valence-electron chi connectivity index (χ4n) is 2.16. The standard InChI is InChI=1S/C16H25NO2/c1-13(2)15(14-8-5-4-6-9-14)12-17-11-7-10-16(18)19-3/h4-6,8-9,13,15,17H,7,10-12H2,1-3H3. The van der Waals surface area contributed by atoms with Crippen LogP contribution in [0, 0.1) is 5.92 Å². The lowest BCUT2D eigenvalue weighted by Gasteiger charge is -2.22. The summed E-state index contributed by atoms with van der Waals surface area (Å²) in [5, 5.41) is 3.44. The molecular weight excluding hydrogens is 238 g/mol. The largest absolute Gasteiger partial charge is 0.469 e. The molecule has 0 bridgehead atoms. The molecule has 0 aromatic heterocycles. The van der Waals surface area contributed by atoms with Crippen molar-refractivity contribution in [2.75, 3.05) is 20.2 Å². The number of carbonyl (C=O) groups is 1. The third kappa shape index (κ3) is 5.88. The van der Waals surface area contributed by atoms with Crippen LogP contribution in [0.15, 0.2) is 30.3 Å². The molecule has 106 valence electrons. The highest BCUT2D eigenvalue weighted by atomic mass is 16.5. The van der Waals surface area contributed by atoms with Gasteiger partial charge >= 0.3 is 5.97 Å². The van der Waals surface area contributed by atoms with Crippen molar-refractivity contribution in [3.05, 3.63) is 35.9 Å². The molecule has 3 nitrogen and oxygen atoms in total. The number of benzene rings is 1. The third-order valence-electron chi connectivity index (χ3n) is 3.36. The zero-order chi connectivity index (χ0) is 14.1. The van der Waals surface area contributed by atoms with Gasteiger partial charge in [0.25, 0.3) is 0 Å². The highest BCUT2D eigenvalue weighted by Gasteiger charge is 2.14. The molecule has 1 aromatic carbocycles. The molecule has 0 heterocycles.